The Morgan fingerprint density at radius 3 is 2.42 bits per heavy atom. The summed E-state index contributed by atoms with van der Waals surface area (Å²) in [4.78, 5) is 0. The van der Waals surface area contributed by atoms with Crippen molar-refractivity contribution in [3.05, 3.63) is 17.2 Å². The Bertz CT molecular complexity index is 483. The molecule has 0 aliphatic carbocycles. The summed E-state index contributed by atoms with van der Waals surface area (Å²) in [7, 11) is -0.406. The number of nitrogens with one attached hydrogen (secondary N) is 1. The van der Waals surface area contributed by atoms with E-state index in [0.29, 0.717) is 11.6 Å². The Kier molecular flexibility index (Phi) is 3.73. The quantitative estimate of drug-likeness (QED) is 0.584. The van der Waals surface area contributed by atoms with Crippen LogP contribution in [-0.2, 0) is 9.31 Å². The molecule has 0 radical (unpaired) electrons. The van der Waals surface area contributed by atoms with Crippen LogP contribution in [0.25, 0.3) is 6.08 Å². The minimum atomic E-state index is -0.406. The summed E-state index contributed by atoms with van der Waals surface area (Å²) >= 11 is 4.35. The van der Waals surface area contributed by atoms with Crippen LogP contribution in [0.5, 0.6) is 0 Å². The van der Waals surface area contributed by atoms with Gasteiger partial charge in [0.2, 0.25) is 0 Å². The first-order valence-electron chi connectivity index (χ1n) is 6.22. The van der Waals surface area contributed by atoms with E-state index in [1.54, 1.807) is 6.20 Å². The number of hydrogen-bond acceptors (Lipinski definition) is 5. The van der Waals surface area contributed by atoms with Gasteiger partial charge in [-0.15, -0.1) is 0 Å². The monoisotopic (exact) mass is 281 g/mol. The zero-order valence-electron chi connectivity index (χ0n) is 11.7. The number of aromatic amines is 1. The largest absolute Gasteiger partial charge is 0.491 e. The van der Waals surface area contributed by atoms with E-state index in [9.17, 15) is 0 Å². The lowest BCUT2D eigenvalue weighted by Crippen LogP contribution is -2.41. The first kappa shape index (κ1) is 14.5. The average Bonchev–Trinajstić information content (AvgIpc) is 2.78. The van der Waals surface area contributed by atoms with Crippen LogP contribution in [0.15, 0.2) is 11.7 Å². The maximum absolute atomic E-state index is 5.99. The predicted octanol–water partition coefficient (Wildman–Crippen LogP) is 1.94. The molecule has 1 aromatic heterocycles. The SMILES string of the molecule is CC1(C)OB(C(=Cc2cn[nH]c2N)CS)OC1(C)C. The van der Waals surface area contributed by atoms with Gasteiger partial charge in [0, 0.05) is 11.3 Å². The molecule has 104 valence electrons. The fraction of sp³-hybridized carbons (Fsp3) is 0.583. The highest BCUT2D eigenvalue weighted by Gasteiger charge is 2.52. The highest BCUT2D eigenvalue weighted by atomic mass is 32.1. The van der Waals surface area contributed by atoms with Crippen molar-refractivity contribution in [2.45, 2.75) is 38.9 Å². The van der Waals surface area contributed by atoms with Crippen molar-refractivity contribution in [2.75, 3.05) is 11.5 Å². The molecule has 7 heteroatoms. The van der Waals surface area contributed by atoms with Crippen LogP contribution in [0.2, 0.25) is 0 Å². The molecule has 0 bridgehead atoms. The summed E-state index contributed by atoms with van der Waals surface area (Å²) in [5, 5.41) is 6.59. The highest BCUT2D eigenvalue weighted by Crippen LogP contribution is 2.39. The number of hydrogen-bond donors (Lipinski definition) is 3. The van der Waals surface area contributed by atoms with E-state index in [-0.39, 0.29) is 11.2 Å². The number of nitrogens with two attached hydrogens (primary N) is 1. The van der Waals surface area contributed by atoms with Crippen LogP contribution in [0.3, 0.4) is 0 Å². The van der Waals surface area contributed by atoms with Gasteiger partial charge < -0.3 is 15.0 Å². The van der Waals surface area contributed by atoms with Crippen molar-refractivity contribution >= 4 is 31.6 Å². The summed E-state index contributed by atoms with van der Waals surface area (Å²) < 4.78 is 12.0. The fourth-order valence-corrected chi connectivity index (χ4v) is 2.04. The molecule has 19 heavy (non-hydrogen) atoms. The zero-order chi connectivity index (χ0) is 14.3. The summed E-state index contributed by atoms with van der Waals surface area (Å²) in [5.74, 6) is 1.05. The Hall–Kier alpha value is -0.915. The maximum Gasteiger partial charge on any atom is 0.491 e. The lowest BCUT2D eigenvalue weighted by Gasteiger charge is -2.32. The second-order valence-corrected chi connectivity index (χ2v) is 6.02. The topological polar surface area (TPSA) is 73.2 Å². The van der Waals surface area contributed by atoms with Crippen molar-refractivity contribution in [1.82, 2.24) is 10.2 Å². The molecule has 0 saturated carbocycles. The molecule has 0 unspecified atom stereocenters. The second-order valence-electron chi connectivity index (χ2n) is 5.70. The van der Waals surface area contributed by atoms with Gasteiger partial charge in [0.05, 0.1) is 17.4 Å². The van der Waals surface area contributed by atoms with Crippen molar-refractivity contribution in [3.63, 3.8) is 0 Å². The van der Waals surface area contributed by atoms with Gasteiger partial charge in [-0.25, -0.2) is 0 Å². The van der Waals surface area contributed by atoms with Gasteiger partial charge in [0.25, 0.3) is 0 Å². The Morgan fingerprint density at radius 2 is 2.00 bits per heavy atom. The van der Waals surface area contributed by atoms with Gasteiger partial charge in [-0.2, -0.15) is 17.7 Å². The van der Waals surface area contributed by atoms with Gasteiger partial charge in [0.1, 0.15) is 5.82 Å². The summed E-state index contributed by atoms with van der Waals surface area (Å²) in [6.07, 6.45) is 3.58. The minimum Gasteiger partial charge on any atom is -0.400 e. The van der Waals surface area contributed by atoms with Crippen molar-refractivity contribution in [3.8, 4) is 0 Å². The number of rotatable bonds is 3. The van der Waals surface area contributed by atoms with Crippen LogP contribution < -0.4 is 5.73 Å². The molecule has 1 saturated heterocycles. The minimum absolute atomic E-state index is 0.359. The summed E-state index contributed by atoms with van der Waals surface area (Å²) in [6.45, 7) is 8.09. The molecular weight excluding hydrogens is 261 g/mol. The number of thiol groups is 1. The summed E-state index contributed by atoms with van der Waals surface area (Å²) in [5.41, 5.74) is 6.80. The van der Waals surface area contributed by atoms with E-state index in [1.807, 2.05) is 33.8 Å². The Morgan fingerprint density at radius 1 is 1.42 bits per heavy atom. The molecule has 0 atom stereocenters. The van der Waals surface area contributed by atoms with E-state index in [0.717, 1.165) is 11.0 Å². The lowest BCUT2D eigenvalue weighted by molar-refractivity contribution is 0.00578. The van der Waals surface area contributed by atoms with Crippen LogP contribution in [-0.4, -0.2) is 34.3 Å². The molecule has 2 heterocycles. The molecule has 5 nitrogen and oxygen atoms in total. The van der Waals surface area contributed by atoms with Crippen LogP contribution in [0.1, 0.15) is 33.3 Å². The smallest absolute Gasteiger partial charge is 0.400 e. The van der Waals surface area contributed by atoms with Crippen molar-refractivity contribution in [1.29, 1.82) is 0 Å². The van der Waals surface area contributed by atoms with Crippen LogP contribution >= 0.6 is 12.6 Å². The highest BCUT2D eigenvalue weighted by molar-refractivity contribution is 7.80. The van der Waals surface area contributed by atoms with Crippen molar-refractivity contribution in [2.24, 2.45) is 0 Å². The molecule has 1 aromatic rings. The molecule has 2 rings (SSSR count). The molecule has 0 spiro atoms. The molecule has 1 fully saturated rings. The van der Waals surface area contributed by atoms with Gasteiger partial charge in [-0.1, -0.05) is 6.08 Å². The van der Waals surface area contributed by atoms with E-state index in [1.165, 1.54) is 0 Å². The average molecular weight is 281 g/mol. The van der Waals surface area contributed by atoms with E-state index in [2.05, 4.69) is 22.8 Å². The third-order valence-corrected chi connectivity index (χ3v) is 4.14. The standard InChI is InChI=1S/C12H20BN3O2S/c1-11(2)12(3,4)18-13(17-11)9(7-19)5-8-6-15-16-10(8)14/h5-6,19H,7H2,1-4H3,(H3,14,15,16). The van der Waals surface area contributed by atoms with Gasteiger partial charge in [0.15, 0.2) is 0 Å². The molecule has 1 aliphatic rings. The zero-order valence-corrected chi connectivity index (χ0v) is 12.6. The number of H-pyrrole nitrogens is 1. The third kappa shape index (κ3) is 2.68. The van der Waals surface area contributed by atoms with Crippen LogP contribution in [0.4, 0.5) is 5.82 Å². The van der Waals surface area contributed by atoms with E-state index < -0.39 is 7.12 Å². The van der Waals surface area contributed by atoms with Crippen molar-refractivity contribution < 1.29 is 9.31 Å². The predicted molar refractivity (Wildman–Crippen MR) is 80.9 cm³/mol. The second kappa shape index (κ2) is 4.88. The number of nitrogen functional groups attached to an aromatic ring is 1. The molecule has 1 aliphatic heterocycles. The molecule has 0 aromatic carbocycles. The van der Waals surface area contributed by atoms with Gasteiger partial charge >= 0.3 is 7.12 Å². The normalized spacial score (nSPS) is 21.9. The first-order chi connectivity index (χ1) is 8.77. The first-order valence-corrected chi connectivity index (χ1v) is 6.86. The Balaban J connectivity index is 2.26. The van der Waals surface area contributed by atoms with Gasteiger partial charge in [-0.3, -0.25) is 5.10 Å². The third-order valence-electron chi connectivity index (χ3n) is 3.78. The lowest BCUT2D eigenvalue weighted by atomic mass is 9.78. The molecule has 0 amide bonds. The molecular formula is C12H20BN3O2S. The number of nitrogens with zero attached hydrogens (tertiary/aromatic N) is 1. The van der Waals surface area contributed by atoms with E-state index >= 15 is 0 Å². The fourth-order valence-electron chi connectivity index (χ4n) is 1.80. The van der Waals surface area contributed by atoms with Gasteiger partial charge in [-0.05, 0) is 33.2 Å². The maximum atomic E-state index is 5.99. The molecule has 3 N–H and O–H groups in total. The summed E-state index contributed by atoms with van der Waals surface area (Å²) in [6, 6.07) is 0. The Labute approximate surface area is 119 Å². The number of anilines is 1. The van der Waals surface area contributed by atoms with Crippen LogP contribution in [0, 0.1) is 0 Å². The van der Waals surface area contributed by atoms with E-state index in [4.69, 9.17) is 15.0 Å². The number of aromatic nitrogens is 2.